The predicted molar refractivity (Wildman–Crippen MR) is 82.8 cm³/mol. The van der Waals surface area contributed by atoms with Crippen LogP contribution in [0.3, 0.4) is 0 Å². The van der Waals surface area contributed by atoms with Crippen molar-refractivity contribution in [3.8, 4) is 0 Å². The van der Waals surface area contributed by atoms with Crippen molar-refractivity contribution in [3.05, 3.63) is 29.3 Å². The molecule has 1 fully saturated rings. The molecule has 0 atom stereocenters. The van der Waals surface area contributed by atoms with Crippen molar-refractivity contribution in [1.29, 1.82) is 0 Å². The number of nitrogens with zero attached hydrogens (tertiary/aromatic N) is 1. The summed E-state index contributed by atoms with van der Waals surface area (Å²) in [6.07, 6.45) is 1.06. The van der Waals surface area contributed by atoms with E-state index in [1.807, 2.05) is 13.0 Å². The van der Waals surface area contributed by atoms with Gasteiger partial charge in [0.1, 0.15) is 0 Å². The Hall–Kier alpha value is -0.950. The van der Waals surface area contributed by atoms with Crippen LogP contribution in [0.25, 0.3) is 0 Å². The zero-order valence-corrected chi connectivity index (χ0v) is 13.6. The van der Waals surface area contributed by atoms with E-state index in [4.69, 9.17) is 4.74 Å². The van der Waals surface area contributed by atoms with Crippen LogP contribution in [0.15, 0.2) is 23.1 Å². The summed E-state index contributed by atoms with van der Waals surface area (Å²) in [7, 11) is -3.41. The lowest BCUT2D eigenvalue weighted by molar-refractivity contribution is 0.0730. The fourth-order valence-corrected chi connectivity index (χ4v) is 3.79. The van der Waals surface area contributed by atoms with Crippen molar-refractivity contribution in [3.63, 3.8) is 0 Å². The summed E-state index contributed by atoms with van der Waals surface area (Å²) in [6.45, 7) is 7.55. The first-order valence-electron chi connectivity index (χ1n) is 7.44. The molecule has 5 nitrogen and oxygen atoms in total. The van der Waals surface area contributed by atoms with Crippen molar-refractivity contribution < 1.29 is 13.2 Å². The van der Waals surface area contributed by atoms with E-state index in [-0.39, 0.29) is 0 Å². The predicted octanol–water partition coefficient (Wildman–Crippen LogP) is 1.52. The SMILES string of the molecule is CCCNCc1cc(S(=O)(=O)N2CCOCC2)ccc1C. The van der Waals surface area contributed by atoms with Gasteiger partial charge in [-0.25, -0.2) is 8.42 Å². The average molecular weight is 312 g/mol. The first kappa shape index (κ1) is 16.4. The number of ether oxygens (including phenoxy) is 1. The average Bonchev–Trinajstić information content (AvgIpc) is 2.50. The molecule has 118 valence electrons. The monoisotopic (exact) mass is 312 g/mol. The summed E-state index contributed by atoms with van der Waals surface area (Å²) in [6, 6.07) is 5.38. The van der Waals surface area contributed by atoms with Gasteiger partial charge in [-0.15, -0.1) is 0 Å². The Kier molecular flexibility index (Phi) is 5.75. The molecule has 0 spiro atoms. The van der Waals surface area contributed by atoms with E-state index in [0.717, 1.165) is 24.1 Å². The lowest BCUT2D eigenvalue weighted by atomic mass is 10.1. The minimum absolute atomic E-state index is 0.378. The second kappa shape index (κ2) is 7.35. The molecule has 6 heteroatoms. The van der Waals surface area contributed by atoms with Crippen LogP contribution in [0, 0.1) is 6.92 Å². The van der Waals surface area contributed by atoms with Crippen LogP contribution >= 0.6 is 0 Å². The van der Waals surface area contributed by atoms with E-state index in [1.54, 1.807) is 12.1 Å². The molecule has 1 heterocycles. The van der Waals surface area contributed by atoms with Crippen molar-refractivity contribution >= 4 is 10.0 Å². The quantitative estimate of drug-likeness (QED) is 0.809. The molecule has 1 aliphatic heterocycles. The van der Waals surface area contributed by atoms with Gasteiger partial charge in [0.15, 0.2) is 0 Å². The van der Waals surface area contributed by atoms with Crippen LogP contribution in [0.4, 0.5) is 0 Å². The van der Waals surface area contributed by atoms with Crippen molar-refractivity contribution in [2.75, 3.05) is 32.8 Å². The molecule has 0 aromatic heterocycles. The van der Waals surface area contributed by atoms with E-state index in [2.05, 4.69) is 12.2 Å². The molecule has 0 saturated carbocycles. The number of morpholine rings is 1. The fraction of sp³-hybridized carbons (Fsp3) is 0.600. The Balaban J connectivity index is 2.20. The van der Waals surface area contributed by atoms with Gasteiger partial charge in [-0.1, -0.05) is 13.0 Å². The van der Waals surface area contributed by atoms with E-state index >= 15 is 0 Å². The zero-order valence-electron chi connectivity index (χ0n) is 12.8. The number of nitrogens with one attached hydrogen (secondary N) is 1. The largest absolute Gasteiger partial charge is 0.379 e. The van der Waals surface area contributed by atoms with Crippen molar-refractivity contribution in [1.82, 2.24) is 9.62 Å². The molecule has 1 aromatic rings. The third kappa shape index (κ3) is 4.03. The number of benzene rings is 1. The molecule has 0 radical (unpaired) electrons. The van der Waals surface area contributed by atoms with Crippen LogP contribution in [0.2, 0.25) is 0 Å². The zero-order chi connectivity index (χ0) is 15.3. The number of sulfonamides is 1. The summed E-state index contributed by atoms with van der Waals surface area (Å²) in [5, 5.41) is 3.32. The van der Waals surface area contributed by atoms with Crippen LogP contribution in [-0.2, 0) is 21.3 Å². The fourth-order valence-electron chi connectivity index (χ4n) is 2.33. The van der Waals surface area contributed by atoms with Crippen LogP contribution in [-0.4, -0.2) is 45.6 Å². The maximum Gasteiger partial charge on any atom is 0.243 e. The maximum atomic E-state index is 12.6. The van der Waals surface area contributed by atoms with Crippen LogP contribution in [0.1, 0.15) is 24.5 Å². The van der Waals surface area contributed by atoms with Gasteiger partial charge in [0, 0.05) is 19.6 Å². The third-order valence-corrected chi connectivity index (χ3v) is 5.57. The molecule has 1 aromatic carbocycles. The Labute approximate surface area is 127 Å². The van der Waals surface area contributed by atoms with Crippen molar-refractivity contribution in [2.45, 2.75) is 31.7 Å². The molecule has 0 aliphatic carbocycles. The number of rotatable bonds is 6. The maximum absolute atomic E-state index is 12.6. The topological polar surface area (TPSA) is 58.6 Å². The first-order valence-corrected chi connectivity index (χ1v) is 8.88. The van der Waals surface area contributed by atoms with Crippen molar-refractivity contribution in [2.24, 2.45) is 0 Å². The highest BCUT2D eigenvalue weighted by atomic mass is 32.2. The summed E-state index contributed by atoms with van der Waals surface area (Å²) < 4.78 is 32.0. The molecule has 1 aliphatic rings. The molecule has 1 saturated heterocycles. The Morgan fingerprint density at radius 2 is 2.00 bits per heavy atom. The first-order chi connectivity index (χ1) is 10.1. The van der Waals surface area contributed by atoms with Gasteiger partial charge >= 0.3 is 0 Å². The molecule has 0 amide bonds. The molecule has 2 rings (SSSR count). The Bertz CT molecular complexity index is 566. The molecular formula is C15H24N2O3S. The van der Waals surface area contributed by atoms with Gasteiger partial charge in [0.2, 0.25) is 10.0 Å². The van der Waals surface area contributed by atoms with Gasteiger partial charge in [-0.3, -0.25) is 0 Å². The van der Waals surface area contributed by atoms with Gasteiger partial charge < -0.3 is 10.1 Å². The van der Waals surface area contributed by atoms with Gasteiger partial charge in [-0.2, -0.15) is 4.31 Å². The highest BCUT2D eigenvalue weighted by molar-refractivity contribution is 7.89. The standard InChI is InChI=1S/C15H24N2O3S/c1-3-6-16-12-14-11-15(5-4-13(14)2)21(18,19)17-7-9-20-10-8-17/h4-5,11,16H,3,6-10,12H2,1-2H3. The second-order valence-corrected chi connectivity index (χ2v) is 7.22. The summed E-state index contributed by atoms with van der Waals surface area (Å²) >= 11 is 0. The second-order valence-electron chi connectivity index (χ2n) is 5.28. The smallest absolute Gasteiger partial charge is 0.243 e. The van der Waals surface area contributed by atoms with Gasteiger partial charge in [0.25, 0.3) is 0 Å². The van der Waals surface area contributed by atoms with E-state index in [1.165, 1.54) is 4.31 Å². The Morgan fingerprint density at radius 1 is 1.29 bits per heavy atom. The molecule has 1 N–H and O–H groups in total. The number of aryl methyl sites for hydroxylation is 1. The Morgan fingerprint density at radius 3 is 2.67 bits per heavy atom. The third-order valence-electron chi connectivity index (χ3n) is 3.67. The highest BCUT2D eigenvalue weighted by Gasteiger charge is 2.26. The van der Waals surface area contributed by atoms with E-state index in [9.17, 15) is 8.42 Å². The van der Waals surface area contributed by atoms with E-state index < -0.39 is 10.0 Å². The molecular weight excluding hydrogens is 288 g/mol. The van der Waals surface area contributed by atoms with Gasteiger partial charge in [0.05, 0.1) is 18.1 Å². The lowest BCUT2D eigenvalue weighted by Crippen LogP contribution is -2.40. The van der Waals surface area contributed by atoms with Crippen LogP contribution < -0.4 is 5.32 Å². The van der Waals surface area contributed by atoms with Gasteiger partial charge in [-0.05, 0) is 43.1 Å². The molecule has 21 heavy (non-hydrogen) atoms. The number of hydrogen-bond donors (Lipinski definition) is 1. The lowest BCUT2D eigenvalue weighted by Gasteiger charge is -2.26. The normalized spacial score (nSPS) is 17.0. The minimum atomic E-state index is -3.41. The minimum Gasteiger partial charge on any atom is -0.379 e. The highest BCUT2D eigenvalue weighted by Crippen LogP contribution is 2.20. The number of hydrogen-bond acceptors (Lipinski definition) is 4. The summed E-state index contributed by atoms with van der Waals surface area (Å²) in [5.74, 6) is 0. The van der Waals surface area contributed by atoms with Crippen LogP contribution in [0.5, 0.6) is 0 Å². The van der Waals surface area contributed by atoms with E-state index in [0.29, 0.717) is 37.7 Å². The summed E-state index contributed by atoms with van der Waals surface area (Å²) in [5.41, 5.74) is 2.15. The summed E-state index contributed by atoms with van der Waals surface area (Å²) in [4.78, 5) is 0.378. The molecule has 0 bridgehead atoms. The molecule has 0 unspecified atom stereocenters.